The van der Waals surface area contributed by atoms with Gasteiger partial charge >= 0.3 is 12.1 Å². The predicted molar refractivity (Wildman–Crippen MR) is 190 cm³/mol. The van der Waals surface area contributed by atoms with Gasteiger partial charge in [0, 0.05) is 25.0 Å². The minimum atomic E-state index is -4.50. The van der Waals surface area contributed by atoms with Gasteiger partial charge in [-0.05, 0) is 80.8 Å². The van der Waals surface area contributed by atoms with Crippen LogP contribution in [0.4, 0.5) is 13.2 Å². The summed E-state index contributed by atoms with van der Waals surface area (Å²) < 4.78 is 45.0. The highest BCUT2D eigenvalue weighted by Gasteiger charge is 2.52. The number of nitrogens with zero attached hydrogens (tertiary/aromatic N) is 1. The lowest BCUT2D eigenvalue weighted by Gasteiger charge is -2.34. The number of hydrogen-bond acceptors (Lipinski definition) is 5. The van der Waals surface area contributed by atoms with Gasteiger partial charge in [-0.25, -0.2) is 4.79 Å². The molecule has 2 aliphatic carbocycles. The number of esters is 1. The van der Waals surface area contributed by atoms with Crippen LogP contribution < -0.4 is 10.6 Å². The lowest BCUT2D eigenvalue weighted by atomic mass is 9.71. The summed E-state index contributed by atoms with van der Waals surface area (Å²) in [7, 11) is 0. The summed E-state index contributed by atoms with van der Waals surface area (Å²) in [5.41, 5.74) is 2.13. The SMILES string of the molecule is CCC.CCC(C)OC(=O)c1ccccc1C(=O)NC1CCN(CCCCC2(C(=O)NCC(F)(F)F)C3=CC=CCC3c3ccccc32)CC1. The number of rotatable bonds is 12. The van der Waals surface area contributed by atoms with Gasteiger partial charge in [-0.15, -0.1) is 0 Å². The molecule has 5 rings (SSSR count). The summed E-state index contributed by atoms with van der Waals surface area (Å²) in [4.78, 5) is 41.9. The van der Waals surface area contributed by atoms with Crippen molar-refractivity contribution < 1.29 is 32.3 Å². The zero-order valence-electron chi connectivity index (χ0n) is 29.8. The zero-order chi connectivity index (χ0) is 36.3. The normalized spacial score (nSPS) is 20.8. The molecule has 3 aliphatic rings. The first kappa shape index (κ1) is 38.9. The third-order valence-corrected chi connectivity index (χ3v) is 9.76. The molecule has 2 amide bonds. The van der Waals surface area contributed by atoms with Crippen LogP contribution >= 0.6 is 0 Å². The number of likely N-dealkylation sites (tertiary alicyclic amines) is 1. The van der Waals surface area contributed by atoms with E-state index in [1.807, 2.05) is 56.3 Å². The molecule has 1 heterocycles. The molecule has 0 saturated carbocycles. The van der Waals surface area contributed by atoms with Gasteiger partial charge in [0.05, 0.1) is 22.6 Å². The van der Waals surface area contributed by atoms with Gasteiger partial charge in [-0.1, -0.05) is 88.2 Å². The Morgan fingerprint density at radius 2 is 1.64 bits per heavy atom. The number of unbranched alkanes of at least 4 members (excludes halogenated alkanes) is 1. The molecule has 0 aromatic heterocycles. The van der Waals surface area contributed by atoms with Gasteiger partial charge in [0.2, 0.25) is 5.91 Å². The van der Waals surface area contributed by atoms with E-state index in [2.05, 4.69) is 29.4 Å². The average molecular weight is 696 g/mol. The standard InChI is InChI=1S/C37H44F3N3O4.C3H8/c1-3-25(2)47-34(45)30-15-5-4-14-29(30)33(44)42-26-18-22-43(23-19-26)21-11-10-20-36(35(46)41-24-37(38,39)40)31-16-8-6-12-27(31)28-13-7-9-17-32(28)36;1-3-2/h4-9,12,14-17,25-26,28H,3,10-11,13,18-24H2,1-2H3,(H,41,46)(H,42,44);3H2,1-2H3. The molecule has 272 valence electrons. The number of benzene rings is 2. The van der Waals surface area contributed by atoms with E-state index in [1.54, 1.807) is 24.3 Å². The maximum atomic E-state index is 13.7. The topological polar surface area (TPSA) is 87.7 Å². The first-order chi connectivity index (χ1) is 23.9. The molecule has 0 bridgehead atoms. The fourth-order valence-corrected chi connectivity index (χ4v) is 7.16. The molecular weight excluding hydrogens is 643 g/mol. The van der Waals surface area contributed by atoms with Crippen molar-refractivity contribution >= 4 is 17.8 Å². The fourth-order valence-electron chi connectivity index (χ4n) is 7.16. The number of carbonyl (C=O) groups excluding carboxylic acids is 3. The summed E-state index contributed by atoms with van der Waals surface area (Å²) in [5, 5.41) is 5.31. The van der Waals surface area contributed by atoms with Gasteiger partial charge in [-0.3, -0.25) is 9.59 Å². The summed E-state index contributed by atoms with van der Waals surface area (Å²) >= 11 is 0. The Kier molecular flexibility index (Phi) is 13.9. The Labute approximate surface area is 294 Å². The highest BCUT2D eigenvalue weighted by Crippen LogP contribution is 2.55. The van der Waals surface area contributed by atoms with Crippen LogP contribution in [-0.4, -0.2) is 67.2 Å². The molecule has 1 fully saturated rings. The smallest absolute Gasteiger partial charge is 0.405 e. The van der Waals surface area contributed by atoms with Crippen LogP contribution in [0.3, 0.4) is 0 Å². The van der Waals surface area contributed by atoms with Crippen LogP contribution in [0.2, 0.25) is 0 Å². The number of hydrogen-bond donors (Lipinski definition) is 2. The lowest BCUT2D eigenvalue weighted by Crippen LogP contribution is -2.47. The summed E-state index contributed by atoms with van der Waals surface area (Å²) in [6.07, 6.45) is 7.17. The molecule has 50 heavy (non-hydrogen) atoms. The molecule has 3 atom stereocenters. The third kappa shape index (κ3) is 9.44. The molecule has 0 spiro atoms. The van der Waals surface area contributed by atoms with Crippen molar-refractivity contribution in [3.8, 4) is 0 Å². The van der Waals surface area contributed by atoms with Crippen LogP contribution in [0, 0.1) is 0 Å². The van der Waals surface area contributed by atoms with Gasteiger partial charge < -0.3 is 20.3 Å². The molecule has 2 aromatic carbocycles. The van der Waals surface area contributed by atoms with E-state index >= 15 is 0 Å². The van der Waals surface area contributed by atoms with Crippen LogP contribution in [-0.2, 0) is 14.9 Å². The zero-order valence-corrected chi connectivity index (χ0v) is 29.8. The number of alkyl halides is 3. The van der Waals surface area contributed by atoms with E-state index in [0.29, 0.717) is 24.8 Å². The Morgan fingerprint density at radius 3 is 2.32 bits per heavy atom. The second-order valence-corrected chi connectivity index (χ2v) is 13.6. The number of allylic oxidation sites excluding steroid dienone is 3. The molecular formula is C40H52F3N3O4. The lowest BCUT2D eigenvalue weighted by molar-refractivity contribution is -0.141. The Balaban J connectivity index is 0.00000181. The molecule has 2 N–H and O–H groups in total. The van der Waals surface area contributed by atoms with E-state index in [-0.39, 0.29) is 29.5 Å². The highest BCUT2D eigenvalue weighted by atomic mass is 19.4. The van der Waals surface area contributed by atoms with E-state index < -0.39 is 30.0 Å². The van der Waals surface area contributed by atoms with Crippen molar-refractivity contribution in [3.63, 3.8) is 0 Å². The van der Waals surface area contributed by atoms with Crippen LogP contribution in [0.15, 0.2) is 72.3 Å². The van der Waals surface area contributed by atoms with Gasteiger partial charge in [0.15, 0.2) is 0 Å². The van der Waals surface area contributed by atoms with E-state index in [4.69, 9.17) is 4.74 Å². The monoisotopic (exact) mass is 695 g/mol. The fraction of sp³-hybridized carbons (Fsp3) is 0.525. The highest BCUT2D eigenvalue weighted by molar-refractivity contribution is 6.05. The quantitative estimate of drug-likeness (QED) is 0.174. The van der Waals surface area contributed by atoms with Crippen molar-refractivity contribution in [1.82, 2.24) is 15.5 Å². The van der Waals surface area contributed by atoms with Crippen LogP contribution in [0.5, 0.6) is 0 Å². The molecule has 10 heteroatoms. The number of carbonyl (C=O) groups is 3. The van der Waals surface area contributed by atoms with Gasteiger partial charge in [0.25, 0.3) is 5.91 Å². The number of nitrogens with one attached hydrogen (secondary N) is 2. The number of piperidine rings is 1. The van der Waals surface area contributed by atoms with Crippen molar-refractivity contribution in [3.05, 3.63) is 94.6 Å². The first-order valence-electron chi connectivity index (χ1n) is 18.1. The Morgan fingerprint density at radius 1 is 0.980 bits per heavy atom. The Hall–Kier alpha value is -3.92. The summed E-state index contributed by atoms with van der Waals surface area (Å²) in [5.74, 6) is -1.40. The molecule has 0 radical (unpaired) electrons. The minimum absolute atomic E-state index is 0.0143. The Bertz CT molecular complexity index is 1530. The maximum absolute atomic E-state index is 13.7. The van der Waals surface area contributed by atoms with Crippen molar-refractivity contribution in [2.75, 3.05) is 26.2 Å². The number of ether oxygens (including phenoxy) is 1. The van der Waals surface area contributed by atoms with E-state index in [0.717, 1.165) is 62.0 Å². The van der Waals surface area contributed by atoms with Crippen LogP contribution in [0.25, 0.3) is 0 Å². The number of fused-ring (bicyclic) bond motifs is 3. The van der Waals surface area contributed by atoms with Crippen molar-refractivity contribution in [2.24, 2.45) is 0 Å². The van der Waals surface area contributed by atoms with E-state index in [9.17, 15) is 27.6 Å². The second kappa shape index (κ2) is 17.8. The number of amides is 2. The molecule has 2 aromatic rings. The van der Waals surface area contributed by atoms with Crippen LogP contribution in [0.1, 0.15) is 117 Å². The average Bonchev–Trinajstić information content (AvgIpc) is 3.40. The molecule has 7 nitrogen and oxygen atoms in total. The largest absolute Gasteiger partial charge is 0.459 e. The van der Waals surface area contributed by atoms with E-state index in [1.165, 1.54) is 6.42 Å². The van der Waals surface area contributed by atoms with Gasteiger partial charge in [-0.2, -0.15) is 13.2 Å². The van der Waals surface area contributed by atoms with Crippen molar-refractivity contribution in [2.45, 2.75) is 109 Å². The predicted octanol–water partition coefficient (Wildman–Crippen LogP) is 8.02. The van der Waals surface area contributed by atoms with Crippen molar-refractivity contribution in [1.29, 1.82) is 0 Å². The molecule has 3 unspecified atom stereocenters. The second-order valence-electron chi connectivity index (χ2n) is 13.6. The maximum Gasteiger partial charge on any atom is 0.405 e. The molecule has 1 aliphatic heterocycles. The number of halogens is 3. The first-order valence-corrected chi connectivity index (χ1v) is 18.1. The minimum Gasteiger partial charge on any atom is -0.459 e. The summed E-state index contributed by atoms with van der Waals surface area (Å²) in [6.45, 7) is 8.98. The van der Waals surface area contributed by atoms with Gasteiger partial charge in [0.1, 0.15) is 6.54 Å². The summed E-state index contributed by atoms with van der Waals surface area (Å²) in [6, 6.07) is 14.3. The molecule has 1 saturated heterocycles. The third-order valence-electron chi connectivity index (χ3n) is 9.76.